The fourth-order valence-electron chi connectivity index (χ4n) is 4.68. The van der Waals surface area contributed by atoms with Crippen LogP contribution < -0.4 is 14.8 Å². The molecule has 0 spiro atoms. The van der Waals surface area contributed by atoms with Gasteiger partial charge in [-0.3, -0.25) is 4.31 Å². The summed E-state index contributed by atoms with van der Waals surface area (Å²) in [6.07, 6.45) is 0. The van der Waals surface area contributed by atoms with Crippen LogP contribution >= 0.6 is 0 Å². The van der Waals surface area contributed by atoms with E-state index in [-0.39, 0.29) is 28.7 Å². The molecule has 0 amide bonds. The highest BCUT2D eigenvalue weighted by atomic mass is 32.2. The Bertz CT molecular complexity index is 1550. The minimum Gasteiger partial charge on any atom is -0.494 e. The molecule has 0 aromatic heterocycles. The molecule has 0 bridgehead atoms. The van der Waals surface area contributed by atoms with E-state index < -0.39 is 15.9 Å². The summed E-state index contributed by atoms with van der Waals surface area (Å²) in [7, 11) is -4.12. The lowest BCUT2D eigenvalue weighted by molar-refractivity contribution is 0.340. The van der Waals surface area contributed by atoms with E-state index in [1.54, 1.807) is 36.4 Å². The first-order chi connectivity index (χ1) is 17.4. The van der Waals surface area contributed by atoms with Crippen LogP contribution in [0, 0.1) is 18.3 Å². The number of fused-ring (bicyclic) bond motifs is 2. The summed E-state index contributed by atoms with van der Waals surface area (Å²) in [5.74, 6) is -0.224. The van der Waals surface area contributed by atoms with Crippen LogP contribution in [0.15, 0.2) is 89.2 Å². The molecule has 0 radical (unpaired) electrons. The molecule has 0 saturated carbocycles. The van der Waals surface area contributed by atoms with Crippen LogP contribution in [0.5, 0.6) is 5.75 Å². The van der Waals surface area contributed by atoms with E-state index in [0.29, 0.717) is 29.2 Å². The SMILES string of the molecule is CCOc1ccc([C@H]2C(C#N)=C(N)OC3=C2S(=O)(=O)N(Cc2ccccc2C)c2ccccc23)cc1. The molecule has 8 heteroatoms. The first-order valence-electron chi connectivity index (χ1n) is 11.6. The number of rotatable bonds is 5. The van der Waals surface area contributed by atoms with Crippen LogP contribution in [0.4, 0.5) is 5.69 Å². The number of benzene rings is 3. The van der Waals surface area contributed by atoms with E-state index in [0.717, 1.165) is 11.1 Å². The highest BCUT2D eigenvalue weighted by Crippen LogP contribution is 2.51. The fourth-order valence-corrected chi connectivity index (χ4v) is 6.58. The minimum atomic E-state index is -4.12. The van der Waals surface area contributed by atoms with Crippen molar-refractivity contribution in [1.82, 2.24) is 0 Å². The summed E-state index contributed by atoms with van der Waals surface area (Å²) < 4.78 is 41.5. The van der Waals surface area contributed by atoms with E-state index in [2.05, 4.69) is 6.07 Å². The summed E-state index contributed by atoms with van der Waals surface area (Å²) in [5, 5.41) is 10.0. The molecular weight excluding hydrogens is 474 g/mol. The molecular formula is C28H25N3O4S. The molecule has 0 saturated heterocycles. The largest absolute Gasteiger partial charge is 0.494 e. The smallest absolute Gasteiger partial charge is 0.265 e. The lowest BCUT2D eigenvalue weighted by Gasteiger charge is -2.38. The minimum absolute atomic E-state index is 0.00435. The number of sulfonamides is 1. The second kappa shape index (κ2) is 9.10. The molecule has 3 aromatic rings. The van der Waals surface area contributed by atoms with Gasteiger partial charge in [0.2, 0.25) is 5.88 Å². The van der Waals surface area contributed by atoms with Crippen LogP contribution in [0.1, 0.15) is 35.1 Å². The zero-order valence-corrected chi connectivity index (χ0v) is 20.7. The van der Waals surface area contributed by atoms with Crippen LogP contribution in [-0.4, -0.2) is 15.0 Å². The third-order valence-electron chi connectivity index (χ3n) is 6.46. The van der Waals surface area contributed by atoms with Gasteiger partial charge in [-0.25, -0.2) is 8.42 Å². The van der Waals surface area contributed by atoms with Crippen molar-refractivity contribution in [3.05, 3.63) is 111 Å². The standard InChI is InChI=1S/C28H25N3O4S/c1-3-34-21-14-12-19(13-15-21)25-23(16-29)28(30)35-26-22-10-6-7-11-24(22)31(36(32,33)27(25)26)17-20-9-5-4-8-18(20)2/h4-15,25H,3,17,30H2,1-2H3/t25-/m0/s1. The van der Waals surface area contributed by atoms with Gasteiger partial charge in [0.1, 0.15) is 22.3 Å². The zero-order chi connectivity index (χ0) is 25.4. The van der Waals surface area contributed by atoms with E-state index in [1.165, 1.54) is 4.31 Å². The van der Waals surface area contributed by atoms with E-state index in [9.17, 15) is 13.7 Å². The van der Waals surface area contributed by atoms with Gasteiger partial charge in [-0.15, -0.1) is 0 Å². The van der Waals surface area contributed by atoms with Gasteiger partial charge >= 0.3 is 0 Å². The molecule has 0 aliphatic carbocycles. The van der Waals surface area contributed by atoms with Crippen LogP contribution in [0.2, 0.25) is 0 Å². The van der Waals surface area contributed by atoms with Crippen molar-refractivity contribution in [3.63, 3.8) is 0 Å². The number of nitrogens with zero attached hydrogens (tertiary/aromatic N) is 2. The van der Waals surface area contributed by atoms with E-state index >= 15 is 0 Å². The van der Waals surface area contributed by atoms with Gasteiger partial charge in [-0.05, 0) is 54.8 Å². The molecule has 5 rings (SSSR count). The Morgan fingerprint density at radius 1 is 1.06 bits per heavy atom. The number of hydrogen-bond acceptors (Lipinski definition) is 6. The highest BCUT2D eigenvalue weighted by Gasteiger charge is 2.47. The fraction of sp³-hybridized carbons (Fsp3) is 0.179. The Morgan fingerprint density at radius 3 is 2.44 bits per heavy atom. The molecule has 2 heterocycles. The summed E-state index contributed by atoms with van der Waals surface area (Å²) in [6, 6.07) is 24.0. The van der Waals surface area contributed by atoms with Crippen LogP contribution in [0.3, 0.4) is 0 Å². The maximum Gasteiger partial charge on any atom is 0.265 e. The molecule has 182 valence electrons. The number of allylic oxidation sites excluding steroid dienone is 2. The number of anilines is 1. The number of hydrogen-bond donors (Lipinski definition) is 1. The molecule has 0 unspecified atom stereocenters. The first-order valence-corrected chi connectivity index (χ1v) is 13.0. The second-order valence-corrected chi connectivity index (χ2v) is 10.4. The van der Waals surface area contributed by atoms with Crippen LogP contribution in [0.25, 0.3) is 5.76 Å². The quantitative estimate of drug-likeness (QED) is 0.534. The van der Waals surface area contributed by atoms with Crippen LogP contribution in [-0.2, 0) is 21.3 Å². The Kier molecular flexibility index (Phi) is 5.94. The number of para-hydroxylation sites is 1. The van der Waals surface area contributed by atoms with Crippen molar-refractivity contribution >= 4 is 21.5 Å². The van der Waals surface area contributed by atoms with Crippen molar-refractivity contribution in [1.29, 1.82) is 5.26 Å². The van der Waals surface area contributed by atoms with Crippen molar-refractivity contribution in [2.45, 2.75) is 26.3 Å². The van der Waals surface area contributed by atoms with E-state index in [4.69, 9.17) is 15.2 Å². The third-order valence-corrected chi connectivity index (χ3v) is 8.34. The monoisotopic (exact) mass is 499 g/mol. The maximum atomic E-state index is 14.3. The Morgan fingerprint density at radius 2 is 1.75 bits per heavy atom. The van der Waals surface area contributed by atoms with E-state index in [1.807, 2.05) is 50.2 Å². The normalized spacial score (nSPS) is 18.1. The summed E-state index contributed by atoms with van der Waals surface area (Å²) in [4.78, 5) is 0.00435. The molecule has 3 aromatic carbocycles. The molecule has 7 nitrogen and oxygen atoms in total. The van der Waals surface area contributed by atoms with Gasteiger partial charge in [0, 0.05) is 5.56 Å². The van der Waals surface area contributed by atoms with Gasteiger partial charge in [-0.1, -0.05) is 48.5 Å². The molecule has 36 heavy (non-hydrogen) atoms. The molecule has 0 fully saturated rings. The topological polar surface area (TPSA) is 106 Å². The Balaban J connectivity index is 1.73. The molecule has 2 aliphatic rings. The van der Waals surface area contributed by atoms with Crippen molar-refractivity contribution in [2.75, 3.05) is 10.9 Å². The van der Waals surface area contributed by atoms with Crippen molar-refractivity contribution in [3.8, 4) is 11.8 Å². The average molecular weight is 500 g/mol. The Labute approximate surface area is 210 Å². The average Bonchev–Trinajstić information content (AvgIpc) is 2.87. The Hall–Kier alpha value is -4.22. The summed E-state index contributed by atoms with van der Waals surface area (Å²) in [5.41, 5.74) is 9.81. The highest BCUT2D eigenvalue weighted by molar-refractivity contribution is 7.96. The predicted molar refractivity (Wildman–Crippen MR) is 138 cm³/mol. The predicted octanol–water partition coefficient (Wildman–Crippen LogP) is 4.92. The van der Waals surface area contributed by atoms with Crippen molar-refractivity contribution in [2.24, 2.45) is 5.73 Å². The van der Waals surface area contributed by atoms with Gasteiger partial charge in [0.05, 0.1) is 24.8 Å². The lowest BCUT2D eigenvalue weighted by atomic mass is 9.88. The molecule has 2 N–H and O–H groups in total. The lowest BCUT2D eigenvalue weighted by Crippen LogP contribution is -2.39. The summed E-state index contributed by atoms with van der Waals surface area (Å²) in [6.45, 7) is 4.48. The number of nitriles is 1. The number of ether oxygens (including phenoxy) is 2. The molecule has 1 atom stereocenters. The third kappa shape index (κ3) is 3.78. The number of aryl methyl sites for hydroxylation is 1. The summed E-state index contributed by atoms with van der Waals surface area (Å²) >= 11 is 0. The maximum absolute atomic E-state index is 14.3. The van der Waals surface area contributed by atoms with Gasteiger partial charge in [0.15, 0.2) is 5.76 Å². The first kappa shape index (κ1) is 23.5. The van der Waals surface area contributed by atoms with Gasteiger partial charge in [-0.2, -0.15) is 5.26 Å². The van der Waals surface area contributed by atoms with Gasteiger partial charge in [0.25, 0.3) is 10.0 Å². The van der Waals surface area contributed by atoms with Crippen molar-refractivity contribution < 1.29 is 17.9 Å². The second-order valence-electron chi connectivity index (χ2n) is 8.58. The van der Waals surface area contributed by atoms with Gasteiger partial charge < -0.3 is 15.2 Å². The zero-order valence-electron chi connectivity index (χ0n) is 19.9. The molecule has 2 aliphatic heterocycles. The number of nitrogens with two attached hydrogens (primary N) is 1.